The number of hydrogen-bond donors (Lipinski definition) is 1. The molecule has 18 heavy (non-hydrogen) atoms. The number of carbonyl (C=O) groups excluding carboxylic acids is 2. The van der Waals surface area contributed by atoms with Gasteiger partial charge >= 0.3 is 0 Å². The highest BCUT2D eigenvalue weighted by Crippen LogP contribution is 2.17. The summed E-state index contributed by atoms with van der Waals surface area (Å²) in [6.07, 6.45) is 4.52. The number of carbonyl (C=O) groups is 1. The van der Waals surface area contributed by atoms with E-state index < -0.39 is 0 Å². The van der Waals surface area contributed by atoms with Gasteiger partial charge in [-0.05, 0) is 30.3 Å². The molecule has 1 heterocycles. The van der Waals surface area contributed by atoms with Crippen LogP contribution in [0.2, 0.25) is 0 Å². The van der Waals surface area contributed by atoms with Crippen molar-refractivity contribution in [3.8, 4) is 0 Å². The molecule has 5 nitrogen and oxygen atoms in total. The van der Waals surface area contributed by atoms with Crippen molar-refractivity contribution in [3.63, 3.8) is 0 Å². The first-order chi connectivity index (χ1) is 8.79. The number of aliphatic imine (C=N–C) groups is 1. The molecule has 2 aromatic rings. The second kappa shape index (κ2) is 5.52. The molecule has 1 aromatic carbocycles. The summed E-state index contributed by atoms with van der Waals surface area (Å²) in [6.45, 7) is 0. The molecule has 0 aliphatic heterocycles. The number of benzene rings is 1. The van der Waals surface area contributed by atoms with Crippen LogP contribution in [0.1, 0.15) is 10.4 Å². The van der Waals surface area contributed by atoms with Crippen molar-refractivity contribution in [2.45, 2.75) is 0 Å². The van der Waals surface area contributed by atoms with E-state index in [0.717, 1.165) is 0 Å². The number of amides is 1. The minimum Gasteiger partial charge on any atom is -0.322 e. The van der Waals surface area contributed by atoms with Crippen LogP contribution in [0, 0.1) is 0 Å². The molecule has 1 amide bonds. The molecule has 5 heteroatoms. The zero-order chi connectivity index (χ0) is 12.8. The zero-order valence-electron chi connectivity index (χ0n) is 9.33. The van der Waals surface area contributed by atoms with Crippen LogP contribution in [0.15, 0.2) is 53.8 Å². The lowest BCUT2D eigenvalue weighted by atomic mass is 10.2. The maximum Gasteiger partial charge on any atom is 0.257 e. The number of nitrogens with zero attached hydrogens (tertiary/aromatic N) is 2. The van der Waals surface area contributed by atoms with Gasteiger partial charge in [-0.2, -0.15) is 4.99 Å². The Morgan fingerprint density at radius 2 is 2.17 bits per heavy atom. The normalized spacial score (nSPS) is 9.33. The molecule has 0 bridgehead atoms. The zero-order valence-corrected chi connectivity index (χ0v) is 9.33. The third kappa shape index (κ3) is 2.87. The SMILES string of the molecule is O=C=Nc1cccc(NC(=O)c2cccnc2)c1. The predicted molar refractivity (Wildman–Crippen MR) is 66.4 cm³/mol. The smallest absolute Gasteiger partial charge is 0.257 e. The molecule has 1 aromatic heterocycles. The Balaban J connectivity index is 2.17. The van der Waals surface area contributed by atoms with Crippen LogP contribution in [-0.2, 0) is 4.79 Å². The minimum atomic E-state index is -0.268. The van der Waals surface area contributed by atoms with Crippen LogP contribution in [0.4, 0.5) is 11.4 Å². The standard InChI is InChI=1S/C13H9N3O2/c17-9-15-11-4-1-5-12(7-11)16-13(18)10-3-2-6-14-8-10/h1-8H,(H,16,18). The Kier molecular flexibility index (Phi) is 3.59. The Hall–Kier alpha value is -2.78. The average Bonchev–Trinajstić information content (AvgIpc) is 2.40. The van der Waals surface area contributed by atoms with Crippen molar-refractivity contribution < 1.29 is 9.59 Å². The van der Waals surface area contributed by atoms with Crippen LogP contribution < -0.4 is 5.32 Å². The summed E-state index contributed by atoms with van der Waals surface area (Å²) in [5, 5.41) is 2.69. The number of hydrogen-bond acceptors (Lipinski definition) is 4. The molecule has 0 saturated heterocycles. The number of aromatic nitrogens is 1. The average molecular weight is 239 g/mol. The topological polar surface area (TPSA) is 71.4 Å². The van der Waals surface area contributed by atoms with Gasteiger partial charge in [0, 0.05) is 18.1 Å². The van der Waals surface area contributed by atoms with Crippen molar-refractivity contribution >= 4 is 23.4 Å². The molecule has 1 N–H and O–H groups in total. The Bertz CT molecular complexity index is 605. The van der Waals surface area contributed by atoms with Gasteiger partial charge in [0.25, 0.3) is 5.91 Å². The fourth-order valence-corrected chi connectivity index (χ4v) is 1.41. The van der Waals surface area contributed by atoms with Gasteiger partial charge < -0.3 is 5.32 Å². The van der Waals surface area contributed by atoms with E-state index >= 15 is 0 Å². The van der Waals surface area contributed by atoms with Crippen LogP contribution >= 0.6 is 0 Å². The van der Waals surface area contributed by atoms with Crippen molar-refractivity contribution in [2.75, 3.05) is 5.32 Å². The van der Waals surface area contributed by atoms with Gasteiger partial charge in [-0.3, -0.25) is 9.78 Å². The predicted octanol–water partition coefficient (Wildman–Crippen LogP) is 2.30. The Labute approximate surface area is 103 Å². The summed E-state index contributed by atoms with van der Waals surface area (Å²) in [6, 6.07) is 9.97. The minimum absolute atomic E-state index is 0.268. The first kappa shape index (κ1) is 11.7. The van der Waals surface area contributed by atoms with E-state index in [1.165, 1.54) is 12.3 Å². The molecular weight excluding hydrogens is 230 g/mol. The van der Waals surface area contributed by atoms with Gasteiger partial charge in [-0.25, -0.2) is 4.79 Å². The number of nitrogens with one attached hydrogen (secondary N) is 1. The van der Waals surface area contributed by atoms with Crippen molar-refractivity contribution in [1.82, 2.24) is 4.98 Å². The third-order valence-electron chi connectivity index (χ3n) is 2.20. The Morgan fingerprint density at radius 3 is 2.89 bits per heavy atom. The monoisotopic (exact) mass is 239 g/mol. The Morgan fingerprint density at radius 1 is 1.28 bits per heavy atom. The van der Waals surface area contributed by atoms with Crippen LogP contribution in [0.3, 0.4) is 0 Å². The molecule has 0 spiro atoms. The highest BCUT2D eigenvalue weighted by molar-refractivity contribution is 6.04. The van der Waals surface area contributed by atoms with Gasteiger partial charge in [0.15, 0.2) is 0 Å². The van der Waals surface area contributed by atoms with E-state index in [4.69, 9.17) is 0 Å². The molecule has 0 unspecified atom stereocenters. The highest BCUT2D eigenvalue weighted by atomic mass is 16.1. The van der Waals surface area contributed by atoms with E-state index in [9.17, 15) is 9.59 Å². The van der Waals surface area contributed by atoms with E-state index in [0.29, 0.717) is 16.9 Å². The van der Waals surface area contributed by atoms with Crippen LogP contribution in [0.25, 0.3) is 0 Å². The van der Waals surface area contributed by atoms with E-state index in [2.05, 4.69) is 15.3 Å². The number of isocyanates is 1. The quantitative estimate of drug-likeness (QED) is 0.659. The van der Waals surface area contributed by atoms with Crippen LogP contribution in [-0.4, -0.2) is 17.0 Å². The summed E-state index contributed by atoms with van der Waals surface area (Å²) in [5.41, 5.74) is 1.45. The molecule has 0 radical (unpaired) electrons. The lowest BCUT2D eigenvalue weighted by Crippen LogP contribution is -2.11. The molecule has 0 fully saturated rings. The lowest BCUT2D eigenvalue weighted by Gasteiger charge is -2.04. The lowest BCUT2D eigenvalue weighted by molar-refractivity contribution is 0.102. The fourth-order valence-electron chi connectivity index (χ4n) is 1.41. The van der Waals surface area contributed by atoms with E-state index in [1.807, 2.05) is 0 Å². The maximum absolute atomic E-state index is 11.8. The van der Waals surface area contributed by atoms with Crippen molar-refractivity contribution in [2.24, 2.45) is 4.99 Å². The second-order valence-corrected chi connectivity index (χ2v) is 3.45. The summed E-state index contributed by atoms with van der Waals surface area (Å²) in [5.74, 6) is -0.268. The maximum atomic E-state index is 11.8. The molecule has 88 valence electrons. The molecule has 0 atom stereocenters. The molecule has 0 saturated carbocycles. The number of pyridine rings is 1. The molecule has 2 rings (SSSR count). The first-order valence-corrected chi connectivity index (χ1v) is 5.19. The largest absolute Gasteiger partial charge is 0.322 e. The second-order valence-electron chi connectivity index (χ2n) is 3.45. The van der Waals surface area contributed by atoms with Crippen molar-refractivity contribution in [3.05, 3.63) is 54.4 Å². The summed E-state index contributed by atoms with van der Waals surface area (Å²) >= 11 is 0. The van der Waals surface area contributed by atoms with Gasteiger partial charge in [0.2, 0.25) is 6.08 Å². The summed E-state index contributed by atoms with van der Waals surface area (Å²) in [7, 11) is 0. The third-order valence-corrected chi connectivity index (χ3v) is 2.20. The van der Waals surface area contributed by atoms with E-state index in [-0.39, 0.29) is 5.91 Å². The first-order valence-electron chi connectivity index (χ1n) is 5.19. The number of anilines is 1. The van der Waals surface area contributed by atoms with Gasteiger partial charge in [0.1, 0.15) is 0 Å². The molecule has 0 aliphatic carbocycles. The highest BCUT2D eigenvalue weighted by Gasteiger charge is 2.05. The van der Waals surface area contributed by atoms with Crippen molar-refractivity contribution in [1.29, 1.82) is 0 Å². The van der Waals surface area contributed by atoms with Gasteiger partial charge in [-0.1, -0.05) is 6.07 Å². The van der Waals surface area contributed by atoms with Crippen LogP contribution in [0.5, 0.6) is 0 Å². The number of rotatable bonds is 3. The summed E-state index contributed by atoms with van der Waals surface area (Å²) < 4.78 is 0. The van der Waals surface area contributed by atoms with E-state index in [1.54, 1.807) is 42.6 Å². The van der Waals surface area contributed by atoms with Gasteiger partial charge in [0.05, 0.1) is 11.3 Å². The molecule has 0 aliphatic rings. The summed E-state index contributed by atoms with van der Waals surface area (Å²) in [4.78, 5) is 29.3. The van der Waals surface area contributed by atoms with Gasteiger partial charge in [-0.15, -0.1) is 0 Å². The fraction of sp³-hybridized carbons (Fsp3) is 0. The molecular formula is C13H9N3O2.